The molecule has 0 aliphatic carbocycles. The Hall–Kier alpha value is -1.83. The molecule has 0 fully saturated rings. The lowest BCUT2D eigenvalue weighted by molar-refractivity contribution is 0.822. The Bertz CT molecular complexity index is 396. The van der Waals surface area contributed by atoms with Crippen LogP contribution in [-0.4, -0.2) is 6.21 Å². The van der Waals surface area contributed by atoms with Gasteiger partial charge in [0.05, 0.1) is 0 Å². The van der Waals surface area contributed by atoms with Gasteiger partial charge in [-0.2, -0.15) is 0 Å². The van der Waals surface area contributed by atoms with Crippen LogP contribution in [0.4, 0.5) is 0 Å². The maximum absolute atomic E-state index is 7.01. The van der Waals surface area contributed by atoms with Crippen molar-refractivity contribution >= 4 is 6.21 Å². The molecule has 2 nitrogen and oxygen atoms in total. The molecule has 84 valence electrons. The molecule has 0 aliphatic rings. The highest BCUT2D eigenvalue weighted by molar-refractivity contribution is 5.69. The molecule has 2 N–H and O–H groups in total. The third kappa shape index (κ3) is 3.09. The molecule has 1 aromatic rings. The smallest absolute Gasteiger partial charge is 0.0406 e. The lowest BCUT2D eigenvalue weighted by atomic mass is 10.0. The van der Waals surface area contributed by atoms with Gasteiger partial charge >= 0.3 is 0 Å². The number of benzene rings is 1. The summed E-state index contributed by atoms with van der Waals surface area (Å²) in [6.45, 7) is 8.69. The van der Waals surface area contributed by atoms with Gasteiger partial charge in [-0.15, -0.1) is 0 Å². The van der Waals surface area contributed by atoms with Crippen molar-refractivity contribution in [1.29, 1.82) is 5.41 Å². The van der Waals surface area contributed by atoms with E-state index in [2.05, 4.69) is 43.9 Å². The summed E-state index contributed by atoms with van der Waals surface area (Å²) in [6, 6.07) is 6.28. The van der Waals surface area contributed by atoms with E-state index in [-0.39, 0.29) is 0 Å². The fraction of sp³-hybridized carbons (Fsp3) is 0.214. The number of aryl methyl sites for hydroxylation is 2. The SMILES string of the molecule is C=C/C(=C\C=N)NCc1c(C)cccc1C. The van der Waals surface area contributed by atoms with Gasteiger partial charge in [0.2, 0.25) is 0 Å². The van der Waals surface area contributed by atoms with E-state index in [1.165, 1.54) is 22.9 Å². The summed E-state index contributed by atoms with van der Waals surface area (Å²) in [5.74, 6) is 0. The predicted molar refractivity (Wildman–Crippen MR) is 69.8 cm³/mol. The molecule has 0 radical (unpaired) electrons. The predicted octanol–water partition coefficient (Wildman–Crippen LogP) is 3.11. The highest BCUT2D eigenvalue weighted by atomic mass is 14.9. The second-order valence-corrected chi connectivity index (χ2v) is 3.72. The van der Waals surface area contributed by atoms with E-state index in [4.69, 9.17) is 5.41 Å². The third-order valence-electron chi connectivity index (χ3n) is 2.60. The fourth-order valence-corrected chi connectivity index (χ4v) is 1.61. The second kappa shape index (κ2) is 5.91. The van der Waals surface area contributed by atoms with Crippen LogP contribution in [0.1, 0.15) is 16.7 Å². The van der Waals surface area contributed by atoms with Crippen molar-refractivity contribution < 1.29 is 0 Å². The van der Waals surface area contributed by atoms with Gasteiger partial charge in [0, 0.05) is 18.5 Å². The van der Waals surface area contributed by atoms with Gasteiger partial charge in [-0.1, -0.05) is 24.8 Å². The minimum Gasteiger partial charge on any atom is -0.381 e. The van der Waals surface area contributed by atoms with Crippen molar-refractivity contribution in [2.75, 3.05) is 0 Å². The highest BCUT2D eigenvalue weighted by Gasteiger charge is 2.01. The van der Waals surface area contributed by atoms with Crippen LogP contribution in [-0.2, 0) is 6.54 Å². The van der Waals surface area contributed by atoms with Gasteiger partial charge in [-0.3, -0.25) is 0 Å². The quantitative estimate of drug-likeness (QED) is 0.573. The van der Waals surface area contributed by atoms with Gasteiger partial charge in [-0.05, 0) is 42.7 Å². The van der Waals surface area contributed by atoms with Gasteiger partial charge in [0.25, 0.3) is 0 Å². The van der Waals surface area contributed by atoms with E-state index in [9.17, 15) is 0 Å². The Balaban J connectivity index is 2.78. The summed E-state index contributed by atoms with van der Waals surface area (Å²) in [5.41, 5.74) is 4.74. The maximum atomic E-state index is 7.01. The molecule has 16 heavy (non-hydrogen) atoms. The van der Waals surface area contributed by atoms with Gasteiger partial charge < -0.3 is 10.7 Å². The summed E-state index contributed by atoms with van der Waals surface area (Å²) in [7, 11) is 0. The molecular weight excluding hydrogens is 196 g/mol. The molecule has 0 bridgehead atoms. The van der Waals surface area contributed by atoms with Crippen LogP contribution in [0.3, 0.4) is 0 Å². The number of nitrogens with one attached hydrogen (secondary N) is 2. The molecule has 0 spiro atoms. The standard InChI is InChI=1S/C14H18N2/c1-4-13(8-9-15)16-10-14-11(2)6-5-7-12(14)3/h4-9,15-16H,1,10H2,2-3H3/b13-8+,15-9?. The molecule has 0 amide bonds. The lowest BCUT2D eigenvalue weighted by Crippen LogP contribution is -2.13. The second-order valence-electron chi connectivity index (χ2n) is 3.72. The zero-order valence-electron chi connectivity index (χ0n) is 9.88. The van der Waals surface area contributed by atoms with Crippen LogP contribution in [0, 0.1) is 19.3 Å². The van der Waals surface area contributed by atoms with Crippen molar-refractivity contribution in [1.82, 2.24) is 5.32 Å². The van der Waals surface area contributed by atoms with E-state index in [0.717, 1.165) is 12.2 Å². The van der Waals surface area contributed by atoms with Crippen LogP contribution in [0.2, 0.25) is 0 Å². The average molecular weight is 214 g/mol. The van der Waals surface area contributed by atoms with E-state index in [0.29, 0.717) is 0 Å². The first-order valence-corrected chi connectivity index (χ1v) is 5.31. The molecule has 0 atom stereocenters. The van der Waals surface area contributed by atoms with Crippen LogP contribution in [0.15, 0.2) is 42.6 Å². The van der Waals surface area contributed by atoms with Crippen LogP contribution >= 0.6 is 0 Å². The molecule has 2 heteroatoms. The van der Waals surface area contributed by atoms with E-state index >= 15 is 0 Å². The molecule has 0 saturated heterocycles. The molecule has 1 aromatic carbocycles. The van der Waals surface area contributed by atoms with Gasteiger partial charge in [0.1, 0.15) is 0 Å². The topological polar surface area (TPSA) is 35.9 Å². The third-order valence-corrected chi connectivity index (χ3v) is 2.60. The Morgan fingerprint density at radius 2 is 2.00 bits per heavy atom. The van der Waals surface area contributed by atoms with Crippen molar-refractivity contribution in [2.24, 2.45) is 0 Å². The fourth-order valence-electron chi connectivity index (χ4n) is 1.61. The van der Waals surface area contributed by atoms with Crippen molar-refractivity contribution in [2.45, 2.75) is 20.4 Å². The van der Waals surface area contributed by atoms with Crippen LogP contribution < -0.4 is 5.32 Å². The largest absolute Gasteiger partial charge is 0.381 e. The van der Waals surface area contributed by atoms with E-state index in [1.54, 1.807) is 12.2 Å². The summed E-state index contributed by atoms with van der Waals surface area (Å²) >= 11 is 0. The Morgan fingerprint density at radius 1 is 1.38 bits per heavy atom. The number of allylic oxidation sites excluding steroid dienone is 2. The molecule has 0 aliphatic heterocycles. The zero-order valence-corrected chi connectivity index (χ0v) is 9.88. The summed E-state index contributed by atoms with van der Waals surface area (Å²) in [5, 5.41) is 10.3. The minimum atomic E-state index is 0.768. The van der Waals surface area contributed by atoms with Crippen molar-refractivity contribution in [3.05, 3.63) is 59.3 Å². The minimum absolute atomic E-state index is 0.768. The van der Waals surface area contributed by atoms with Gasteiger partial charge in [-0.25, -0.2) is 0 Å². The summed E-state index contributed by atoms with van der Waals surface area (Å²) < 4.78 is 0. The Morgan fingerprint density at radius 3 is 2.50 bits per heavy atom. The van der Waals surface area contributed by atoms with Crippen LogP contribution in [0.5, 0.6) is 0 Å². The zero-order chi connectivity index (χ0) is 12.0. The highest BCUT2D eigenvalue weighted by Crippen LogP contribution is 2.13. The first-order valence-electron chi connectivity index (χ1n) is 5.31. The van der Waals surface area contributed by atoms with Crippen molar-refractivity contribution in [3.8, 4) is 0 Å². The van der Waals surface area contributed by atoms with E-state index < -0.39 is 0 Å². The Kier molecular flexibility index (Phi) is 4.52. The Labute approximate surface area is 97.2 Å². The number of hydrogen-bond donors (Lipinski definition) is 2. The first-order chi connectivity index (χ1) is 7.69. The summed E-state index contributed by atoms with van der Waals surface area (Å²) in [6.07, 6.45) is 4.67. The monoisotopic (exact) mass is 214 g/mol. The average Bonchev–Trinajstić information content (AvgIpc) is 2.27. The molecule has 0 aromatic heterocycles. The normalized spacial score (nSPS) is 11.0. The summed E-state index contributed by atoms with van der Waals surface area (Å²) in [4.78, 5) is 0. The van der Waals surface area contributed by atoms with E-state index in [1.807, 2.05) is 0 Å². The molecule has 0 unspecified atom stereocenters. The number of rotatable bonds is 5. The lowest BCUT2D eigenvalue weighted by Gasteiger charge is -2.12. The first kappa shape index (κ1) is 12.2. The van der Waals surface area contributed by atoms with Crippen molar-refractivity contribution in [3.63, 3.8) is 0 Å². The molecule has 0 heterocycles. The molecular formula is C14H18N2. The van der Waals surface area contributed by atoms with Gasteiger partial charge in [0.15, 0.2) is 0 Å². The van der Waals surface area contributed by atoms with Crippen LogP contribution in [0.25, 0.3) is 0 Å². The molecule has 1 rings (SSSR count). The number of hydrogen-bond acceptors (Lipinski definition) is 2. The maximum Gasteiger partial charge on any atom is 0.0406 e. The molecule has 0 saturated carbocycles.